The van der Waals surface area contributed by atoms with Gasteiger partial charge in [0.1, 0.15) is 29.8 Å². The van der Waals surface area contributed by atoms with Gasteiger partial charge in [-0.2, -0.15) is 0 Å². The Kier molecular flexibility index (Phi) is 30.6. The smallest absolute Gasteiger partial charge is 0.347 e. The summed E-state index contributed by atoms with van der Waals surface area (Å²) in [5.41, 5.74) is 2.08. The number of Topliss-reactive ketones (excluding diaryl/α,β-unsaturated/α-hetero) is 3. The highest BCUT2D eigenvalue weighted by Crippen LogP contribution is 2.45. The maximum Gasteiger partial charge on any atom is 0.347 e. The molecule has 2 aliphatic heterocycles. The number of epoxide rings is 1. The van der Waals surface area contributed by atoms with Crippen LogP contribution in [0.25, 0.3) is 0 Å². The summed E-state index contributed by atoms with van der Waals surface area (Å²) < 4.78 is 39.5. The zero-order chi connectivity index (χ0) is 62.8. The highest BCUT2D eigenvalue weighted by molar-refractivity contribution is 6.31. The number of esters is 2. The first-order chi connectivity index (χ1) is 40.3. The number of hydrogen-bond acceptors (Lipinski definition) is 16. The van der Waals surface area contributed by atoms with E-state index in [1.54, 1.807) is 40.0 Å². The number of ether oxygens (including phenoxy) is 7. The van der Waals surface area contributed by atoms with E-state index in [9.17, 15) is 43.2 Å². The van der Waals surface area contributed by atoms with Crippen LogP contribution in [0.3, 0.4) is 0 Å². The molecular formula is C64H93ClN4O16. The molecule has 21 heteroatoms. The van der Waals surface area contributed by atoms with E-state index in [2.05, 4.69) is 16.0 Å². The number of rotatable bonds is 34. The molecule has 0 aromatic heterocycles. The Morgan fingerprint density at radius 1 is 0.800 bits per heavy atom. The van der Waals surface area contributed by atoms with Crippen LogP contribution in [0.2, 0.25) is 5.02 Å². The molecule has 0 radical (unpaired) electrons. The summed E-state index contributed by atoms with van der Waals surface area (Å²) in [6.45, 7) is 20.1. The fraction of sp³-hybridized carbons (Fsp3) is 0.641. The summed E-state index contributed by atoms with van der Waals surface area (Å²) in [6, 6.07) is 11.2. The van der Waals surface area contributed by atoms with Crippen LogP contribution in [-0.2, 0) is 89.2 Å². The van der Waals surface area contributed by atoms with Crippen LogP contribution >= 0.6 is 11.6 Å². The summed E-state index contributed by atoms with van der Waals surface area (Å²) in [7, 11) is 1.60. The predicted molar refractivity (Wildman–Crippen MR) is 319 cm³/mol. The van der Waals surface area contributed by atoms with Gasteiger partial charge in [0.25, 0.3) is 0 Å². The van der Waals surface area contributed by atoms with Gasteiger partial charge in [-0.1, -0.05) is 95.6 Å². The zero-order valence-corrected chi connectivity index (χ0v) is 52.5. The van der Waals surface area contributed by atoms with E-state index in [0.717, 1.165) is 22.3 Å². The highest BCUT2D eigenvalue weighted by Gasteiger charge is 2.48. The monoisotopic (exact) mass is 1210 g/mol. The maximum atomic E-state index is 14.0. The van der Waals surface area contributed by atoms with Gasteiger partial charge >= 0.3 is 11.9 Å². The highest BCUT2D eigenvalue weighted by atomic mass is 35.5. The fourth-order valence-corrected chi connectivity index (χ4v) is 9.64. The first kappa shape index (κ1) is 71.6. The molecule has 8 atom stereocenters. The zero-order valence-electron chi connectivity index (χ0n) is 51.8. The average molecular weight is 1210 g/mol. The van der Waals surface area contributed by atoms with Crippen molar-refractivity contribution in [2.75, 3.05) is 73.0 Å². The molecule has 4 amide bonds. The van der Waals surface area contributed by atoms with Crippen molar-refractivity contribution in [1.29, 1.82) is 0 Å². The van der Waals surface area contributed by atoms with Crippen molar-refractivity contribution in [3.8, 4) is 0 Å². The topological polar surface area (TPSA) is 261 Å². The predicted octanol–water partition coefficient (Wildman–Crippen LogP) is 6.95. The number of ketones is 3. The summed E-state index contributed by atoms with van der Waals surface area (Å²) in [4.78, 5) is 122. The number of halogens is 1. The number of carbonyl (C=O) groups is 9. The largest absolute Gasteiger partial charge is 0.459 e. The fourth-order valence-electron chi connectivity index (χ4n) is 9.44. The molecule has 0 spiro atoms. The van der Waals surface area contributed by atoms with E-state index < -0.39 is 71.2 Å². The van der Waals surface area contributed by atoms with Crippen molar-refractivity contribution >= 4 is 64.5 Å². The number of methoxy groups -OCH3 is 1. The van der Waals surface area contributed by atoms with Gasteiger partial charge in [0.2, 0.25) is 23.6 Å². The van der Waals surface area contributed by atoms with E-state index in [4.69, 9.17) is 44.8 Å². The van der Waals surface area contributed by atoms with Crippen molar-refractivity contribution in [3.63, 3.8) is 0 Å². The van der Waals surface area contributed by atoms with Crippen LogP contribution < -0.4 is 16.0 Å². The maximum absolute atomic E-state index is 14.0. The number of cyclic esters (lactones) is 2. The Labute approximate surface area is 507 Å². The molecule has 2 heterocycles. The van der Waals surface area contributed by atoms with Crippen LogP contribution in [0.1, 0.15) is 136 Å². The summed E-state index contributed by atoms with van der Waals surface area (Å²) >= 11 is 6.40. The van der Waals surface area contributed by atoms with E-state index >= 15 is 0 Å². The molecule has 0 aliphatic carbocycles. The lowest BCUT2D eigenvalue weighted by molar-refractivity contribution is -0.179. The lowest BCUT2D eigenvalue weighted by Crippen LogP contribution is -2.51. The molecule has 2 aromatic carbocycles. The number of aryl methyl sites for hydroxylation is 2. The number of nitrogens with zero attached hydrogens (tertiary/aromatic N) is 1. The van der Waals surface area contributed by atoms with Crippen LogP contribution in [0.4, 0.5) is 0 Å². The molecular weight excluding hydrogens is 1120 g/mol. The third-order valence-corrected chi connectivity index (χ3v) is 15.4. The van der Waals surface area contributed by atoms with Gasteiger partial charge in [0, 0.05) is 82.1 Å². The van der Waals surface area contributed by atoms with Gasteiger partial charge in [0.05, 0.1) is 70.2 Å². The molecule has 3 N–H and O–H groups in total. The Balaban J connectivity index is 1.32. The van der Waals surface area contributed by atoms with Gasteiger partial charge < -0.3 is 54.0 Å². The minimum absolute atomic E-state index is 0.0438. The molecule has 0 saturated carbocycles. The molecule has 20 nitrogen and oxygen atoms in total. The van der Waals surface area contributed by atoms with Crippen molar-refractivity contribution in [1.82, 2.24) is 20.9 Å². The lowest BCUT2D eigenvalue weighted by atomic mass is 9.89. The molecule has 85 heavy (non-hydrogen) atoms. The van der Waals surface area contributed by atoms with Crippen LogP contribution in [0.15, 0.2) is 54.6 Å². The van der Waals surface area contributed by atoms with Crippen molar-refractivity contribution in [2.24, 2.45) is 29.1 Å². The summed E-state index contributed by atoms with van der Waals surface area (Å²) in [6.07, 6.45) is 1.13. The number of nitrogens with one attached hydrogen (secondary N) is 3. The SMILES string of the molecule is COCCOCCOCCOCCC(=O)N(CCC(C)=O)CCC(=O)N[C@H](C(=O)C[C@@H](C)C(=O)CCc1ccc([C@H]2O[C@@H]2[C@@H](C)[C@@H]2C/C=C/C(=O)N[C@H](Cc3ccc(C)c(Cl)c3)C(=O)NCC(C)(C)C(=O)O[C@@H](CC(C)C)C(=O)O2)cc1)C(C)C. The Morgan fingerprint density at radius 2 is 1.44 bits per heavy atom. The number of hydrogen-bond donors (Lipinski definition) is 3. The van der Waals surface area contributed by atoms with Crippen LogP contribution in [-0.4, -0.2) is 161 Å². The first-order valence-electron chi connectivity index (χ1n) is 29.8. The average Bonchev–Trinajstić information content (AvgIpc) is 3.13. The summed E-state index contributed by atoms with van der Waals surface area (Å²) in [5, 5.41) is 8.92. The molecule has 2 aliphatic rings. The molecule has 0 bridgehead atoms. The van der Waals surface area contributed by atoms with E-state index in [-0.39, 0.29) is 132 Å². The second-order valence-corrected chi connectivity index (χ2v) is 24.1. The lowest BCUT2D eigenvalue weighted by Gasteiger charge is -2.29. The van der Waals surface area contributed by atoms with E-state index in [1.807, 2.05) is 77.9 Å². The second kappa shape index (κ2) is 36.3. The Morgan fingerprint density at radius 3 is 2.06 bits per heavy atom. The molecule has 472 valence electrons. The Bertz CT molecular complexity index is 2570. The van der Waals surface area contributed by atoms with Gasteiger partial charge in [-0.3, -0.25) is 38.4 Å². The van der Waals surface area contributed by atoms with Crippen molar-refractivity contribution < 1.29 is 76.3 Å². The third kappa shape index (κ3) is 25.5. The van der Waals surface area contributed by atoms with Gasteiger partial charge in [-0.25, -0.2) is 4.79 Å². The summed E-state index contributed by atoms with van der Waals surface area (Å²) in [5.74, 6) is -5.02. The molecule has 0 unspecified atom stereocenters. The minimum atomic E-state index is -1.26. The number of carbonyl (C=O) groups excluding carboxylic acids is 9. The van der Waals surface area contributed by atoms with Crippen molar-refractivity contribution in [2.45, 2.75) is 164 Å². The van der Waals surface area contributed by atoms with Gasteiger partial charge in [-0.15, -0.1) is 0 Å². The number of benzene rings is 2. The molecule has 2 aromatic rings. The molecule has 1 fully saturated rings. The standard InChI is InChI=1S/C64H93ClN4O16/c1-40(2)35-54-62(77)83-53(13-12-14-55(73)67-50(38-47-16-15-42(5)49(65)37-47)61(76)66-39-64(9,10)63(78)84-54)45(8)59-60(85-59)48-20-17-46(18-21-48)19-22-51(71)43(6)36-52(72)58(41(3)4)68-56(74)24-27-69(26-23-44(7)70)57(75)25-28-80-31-32-82-34-33-81-30-29-79-11/h12,14-18,20-21,37,40-41,43,45,50,53-54,58-60H,13,19,22-36,38-39H2,1-11H3,(H,66,76)(H,67,73)(H,68,74)/b14-12+/t43-,45+,50-,53+,54+,58+,59-,60-/m1/s1. The van der Waals surface area contributed by atoms with Crippen molar-refractivity contribution in [3.05, 3.63) is 81.9 Å². The van der Waals surface area contributed by atoms with Gasteiger partial charge in [-0.05, 0) is 86.8 Å². The van der Waals surface area contributed by atoms with Gasteiger partial charge in [0.15, 0.2) is 11.9 Å². The second-order valence-electron chi connectivity index (χ2n) is 23.7. The van der Waals surface area contributed by atoms with E-state index in [1.165, 1.54) is 17.9 Å². The molecule has 4 rings (SSSR count). The normalized spacial score (nSPS) is 20.8. The first-order valence-corrected chi connectivity index (χ1v) is 30.2. The van der Waals surface area contributed by atoms with Crippen LogP contribution in [0.5, 0.6) is 0 Å². The van der Waals surface area contributed by atoms with E-state index in [0.29, 0.717) is 44.5 Å². The Hall–Kier alpha value is -5.90. The quantitative estimate of drug-likeness (QED) is 0.0364. The minimum Gasteiger partial charge on any atom is -0.459 e. The molecule has 1 saturated heterocycles. The van der Waals surface area contributed by atoms with Crippen LogP contribution in [0, 0.1) is 36.0 Å². The number of amides is 4. The third-order valence-electron chi connectivity index (χ3n) is 15.0.